The van der Waals surface area contributed by atoms with Crippen LogP contribution in [0.5, 0.6) is 11.5 Å². The molecule has 194 valence electrons. The summed E-state index contributed by atoms with van der Waals surface area (Å²) in [5.74, 6) is 5.53. The molecule has 2 heteroatoms. The molecule has 0 saturated heterocycles. The molecule has 0 amide bonds. The predicted molar refractivity (Wildman–Crippen MR) is 150 cm³/mol. The number of benzene rings is 2. The standard InChI is InChI=1S/C17H26O.C16H24O/c1-3-5-14-6-8-15(9-7-14)16-10-12-17(13-11-16)18-4-2;1-3-4-13-5-7-14(8-6-13)15-9-11-16(17-2)12-10-15/h10-15H,3-9H2,1-2H3;9-14H,3-8H2,1-2H3. The van der Waals surface area contributed by atoms with Crippen molar-refractivity contribution in [3.63, 3.8) is 0 Å². The van der Waals surface area contributed by atoms with Crippen LogP contribution in [0.3, 0.4) is 0 Å². The van der Waals surface area contributed by atoms with Crippen LogP contribution < -0.4 is 9.47 Å². The lowest BCUT2D eigenvalue weighted by Crippen LogP contribution is -2.13. The van der Waals surface area contributed by atoms with Crippen molar-refractivity contribution >= 4 is 0 Å². The molecular formula is C33H50O2. The molecular weight excluding hydrogens is 428 g/mol. The van der Waals surface area contributed by atoms with E-state index in [0.29, 0.717) is 0 Å². The van der Waals surface area contributed by atoms with Crippen molar-refractivity contribution in [2.45, 2.75) is 110 Å². The van der Waals surface area contributed by atoms with E-state index < -0.39 is 0 Å². The van der Waals surface area contributed by atoms with E-state index in [0.717, 1.165) is 41.8 Å². The van der Waals surface area contributed by atoms with E-state index in [9.17, 15) is 0 Å². The molecule has 0 aromatic heterocycles. The lowest BCUT2D eigenvalue weighted by Gasteiger charge is -2.28. The molecule has 2 aromatic rings. The Labute approximate surface area is 215 Å². The molecule has 0 bridgehead atoms. The van der Waals surface area contributed by atoms with Crippen molar-refractivity contribution in [1.82, 2.24) is 0 Å². The lowest BCUT2D eigenvalue weighted by molar-refractivity contribution is 0.308. The summed E-state index contributed by atoms with van der Waals surface area (Å²) in [6.07, 6.45) is 16.7. The van der Waals surface area contributed by atoms with E-state index in [2.05, 4.69) is 62.4 Å². The highest BCUT2D eigenvalue weighted by Gasteiger charge is 2.22. The molecule has 0 heterocycles. The molecule has 2 aromatic carbocycles. The van der Waals surface area contributed by atoms with Crippen molar-refractivity contribution in [3.05, 3.63) is 59.7 Å². The van der Waals surface area contributed by atoms with Gasteiger partial charge in [-0.2, -0.15) is 0 Å². The van der Waals surface area contributed by atoms with Gasteiger partial charge in [0.2, 0.25) is 0 Å². The zero-order valence-corrected chi connectivity index (χ0v) is 22.9. The van der Waals surface area contributed by atoms with Crippen LogP contribution in [-0.2, 0) is 0 Å². The maximum Gasteiger partial charge on any atom is 0.119 e. The number of rotatable bonds is 9. The highest BCUT2D eigenvalue weighted by atomic mass is 16.5. The van der Waals surface area contributed by atoms with Crippen LogP contribution in [0.1, 0.15) is 121 Å². The Morgan fingerprint density at radius 1 is 0.571 bits per heavy atom. The Kier molecular flexibility index (Phi) is 12.0. The van der Waals surface area contributed by atoms with E-state index in [1.807, 2.05) is 6.92 Å². The minimum absolute atomic E-state index is 0.751. The number of ether oxygens (including phenoxy) is 2. The molecule has 2 fully saturated rings. The van der Waals surface area contributed by atoms with Gasteiger partial charge in [-0.1, -0.05) is 63.8 Å². The summed E-state index contributed by atoms with van der Waals surface area (Å²) in [5.41, 5.74) is 3.01. The second-order valence-electron chi connectivity index (χ2n) is 10.8. The van der Waals surface area contributed by atoms with E-state index in [1.165, 1.54) is 88.2 Å². The van der Waals surface area contributed by atoms with Gasteiger partial charge in [0, 0.05) is 0 Å². The van der Waals surface area contributed by atoms with Gasteiger partial charge in [-0.25, -0.2) is 0 Å². The van der Waals surface area contributed by atoms with Crippen molar-refractivity contribution in [3.8, 4) is 11.5 Å². The third-order valence-corrected chi connectivity index (χ3v) is 8.34. The van der Waals surface area contributed by atoms with E-state index in [4.69, 9.17) is 9.47 Å². The van der Waals surface area contributed by atoms with Gasteiger partial charge in [-0.05, 0) is 117 Å². The van der Waals surface area contributed by atoms with Crippen LogP contribution in [-0.4, -0.2) is 13.7 Å². The summed E-state index contributed by atoms with van der Waals surface area (Å²) in [6, 6.07) is 17.4. The van der Waals surface area contributed by atoms with Crippen LogP contribution in [0.4, 0.5) is 0 Å². The van der Waals surface area contributed by atoms with Gasteiger partial charge < -0.3 is 9.47 Å². The predicted octanol–water partition coefficient (Wildman–Crippen LogP) is 9.93. The van der Waals surface area contributed by atoms with Crippen LogP contribution in [0.25, 0.3) is 0 Å². The monoisotopic (exact) mass is 478 g/mol. The molecule has 0 unspecified atom stereocenters. The zero-order valence-electron chi connectivity index (χ0n) is 22.9. The first kappa shape index (κ1) is 27.6. The van der Waals surface area contributed by atoms with Crippen LogP contribution >= 0.6 is 0 Å². The van der Waals surface area contributed by atoms with E-state index in [-0.39, 0.29) is 0 Å². The maximum absolute atomic E-state index is 5.50. The molecule has 2 nitrogen and oxygen atoms in total. The van der Waals surface area contributed by atoms with Gasteiger partial charge in [0.05, 0.1) is 13.7 Å². The molecule has 2 saturated carbocycles. The molecule has 2 aliphatic rings. The molecule has 0 spiro atoms. The quantitative estimate of drug-likeness (QED) is 0.357. The third-order valence-electron chi connectivity index (χ3n) is 8.34. The van der Waals surface area contributed by atoms with Crippen molar-refractivity contribution in [2.24, 2.45) is 11.8 Å². The van der Waals surface area contributed by atoms with Crippen molar-refractivity contribution in [1.29, 1.82) is 0 Å². The number of methoxy groups -OCH3 is 1. The highest BCUT2D eigenvalue weighted by molar-refractivity contribution is 5.30. The summed E-state index contributed by atoms with van der Waals surface area (Å²) in [7, 11) is 1.73. The number of hydrogen-bond acceptors (Lipinski definition) is 2. The molecule has 2 aliphatic carbocycles. The molecule has 4 rings (SSSR count). The minimum atomic E-state index is 0.751. The zero-order chi connectivity index (χ0) is 24.9. The van der Waals surface area contributed by atoms with E-state index >= 15 is 0 Å². The summed E-state index contributed by atoms with van der Waals surface area (Å²) >= 11 is 0. The lowest BCUT2D eigenvalue weighted by atomic mass is 9.77. The highest BCUT2D eigenvalue weighted by Crippen LogP contribution is 2.39. The molecule has 0 atom stereocenters. The molecule has 0 aliphatic heterocycles. The fourth-order valence-corrected chi connectivity index (χ4v) is 6.26. The average Bonchev–Trinajstić information content (AvgIpc) is 2.91. The first-order chi connectivity index (χ1) is 17.2. The largest absolute Gasteiger partial charge is 0.497 e. The Hall–Kier alpha value is -1.96. The normalized spacial score (nSPS) is 24.2. The van der Waals surface area contributed by atoms with Crippen LogP contribution in [0.2, 0.25) is 0 Å². The summed E-state index contributed by atoms with van der Waals surface area (Å²) in [6.45, 7) is 7.39. The van der Waals surface area contributed by atoms with Crippen molar-refractivity contribution < 1.29 is 9.47 Å². The fourth-order valence-electron chi connectivity index (χ4n) is 6.26. The van der Waals surface area contributed by atoms with Gasteiger partial charge in [-0.15, -0.1) is 0 Å². The van der Waals surface area contributed by atoms with Crippen LogP contribution in [0, 0.1) is 11.8 Å². The first-order valence-corrected chi connectivity index (χ1v) is 14.5. The van der Waals surface area contributed by atoms with Gasteiger partial charge in [0.15, 0.2) is 0 Å². The van der Waals surface area contributed by atoms with Crippen molar-refractivity contribution in [2.75, 3.05) is 13.7 Å². The second-order valence-corrected chi connectivity index (χ2v) is 10.8. The topological polar surface area (TPSA) is 18.5 Å². The Morgan fingerprint density at radius 2 is 0.971 bits per heavy atom. The van der Waals surface area contributed by atoms with Gasteiger partial charge in [-0.3, -0.25) is 0 Å². The van der Waals surface area contributed by atoms with Crippen LogP contribution in [0.15, 0.2) is 48.5 Å². The van der Waals surface area contributed by atoms with Gasteiger partial charge >= 0.3 is 0 Å². The number of hydrogen-bond donors (Lipinski definition) is 0. The van der Waals surface area contributed by atoms with Gasteiger partial charge in [0.1, 0.15) is 11.5 Å². The minimum Gasteiger partial charge on any atom is -0.497 e. The summed E-state index contributed by atoms with van der Waals surface area (Å²) < 4.78 is 10.7. The third kappa shape index (κ3) is 8.89. The Bertz CT molecular complexity index is 794. The second kappa shape index (κ2) is 15.2. The summed E-state index contributed by atoms with van der Waals surface area (Å²) in [5, 5.41) is 0. The molecule has 0 radical (unpaired) electrons. The first-order valence-electron chi connectivity index (χ1n) is 14.5. The smallest absolute Gasteiger partial charge is 0.119 e. The Balaban J connectivity index is 0.000000196. The molecule has 0 N–H and O–H groups in total. The molecule has 35 heavy (non-hydrogen) atoms. The maximum atomic E-state index is 5.50. The summed E-state index contributed by atoms with van der Waals surface area (Å²) in [4.78, 5) is 0. The Morgan fingerprint density at radius 3 is 1.31 bits per heavy atom. The van der Waals surface area contributed by atoms with E-state index in [1.54, 1.807) is 7.11 Å². The fraction of sp³-hybridized carbons (Fsp3) is 0.636. The SMILES string of the molecule is CCCC1CCC(c2ccc(OC)cc2)CC1.CCCC1CCC(c2ccc(OCC)cc2)CC1. The van der Waals surface area contributed by atoms with Gasteiger partial charge in [0.25, 0.3) is 0 Å². The average molecular weight is 479 g/mol.